The summed E-state index contributed by atoms with van der Waals surface area (Å²) in [5, 5.41) is 2.57. The predicted molar refractivity (Wildman–Crippen MR) is 83.9 cm³/mol. The van der Waals surface area contributed by atoms with Gasteiger partial charge >= 0.3 is 5.97 Å². The number of amides is 1. The van der Waals surface area contributed by atoms with Crippen LogP contribution < -0.4 is 5.32 Å². The van der Waals surface area contributed by atoms with E-state index >= 15 is 0 Å². The maximum atomic E-state index is 11.7. The summed E-state index contributed by atoms with van der Waals surface area (Å²) in [6.07, 6.45) is 1.59. The number of anilines is 1. The first-order valence-corrected chi connectivity index (χ1v) is 7.17. The largest absolute Gasteiger partial charge is 0.451 e. The van der Waals surface area contributed by atoms with Crippen molar-refractivity contribution in [1.29, 1.82) is 0 Å². The molecule has 2 N–H and O–H groups in total. The van der Waals surface area contributed by atoms with E-state index in [0.29, 0.717) is 11.3 Å². The van der Waals surface area contributed by atoms with Gasteiger partial charge in [-0.05, 0) is 53.2 Å². The summed E-state index contributed by atoms with van der Waals surface area (Å²) < 4.78 is 5.60. The molecule has 0 aliphatic heterocycles. The molecule has 0 saturated heterocycles. The Kier molecular flexibility index (Phi) is 5.11. The Hall–Kier alpha value is -2.41. The number of carbonyl (C=O) groups is 3. The van der Waals surface area contributed by atoms with E-state index in [-0.39, 0.29) is 11.5 Å². The van der Waals surface area contributed by atoms with Gasteiger partial charge in [0, 0.05) is 21.9 Å². The number of benzene rings is 1. The molecule has 0 aliphatic carbocycles. The minimum absolute atomic E-state index is 0.0519. The molecule has 6 nitrogen and oxygen atoms in total. The minimum Gasteiger partial charge on any atom is -0.451 e. The Bertz CT molecular complexity index is 707. The van der Waals surface area contributed by atoms with Gasteiger partial charge in [-0.25, -0.2) is 4.79 Å². The van der Waals surface area contributed by atoms with E-state index < -0.39 is 18.5 Å². The SMILES string of the molecule is CC(=O)c1ccc(NC(=O)COC(=O)c2cc(Br)c[nH]2)cc1. The standard InChI is InChI=1S/C15H13BrN2O4/c1-9(19)10-2-4-12(5-3-10)18-14(20)8-22-15(21)13-6-11(16)7-17-13/h2-7,17H,8H2,1H3,(H,18,20). The molecular formula is C15H13BrN2O4. The number of nitrogens with one attached hydrogen (secondary N) is 2. The topological polar surface area (TPSA) is 88.3 Å². The normalized spacial score (nSPS) is 10.1. The quantitative estimate of drug-likeness (QED) is 0.630. The van der Waals surface area contributed by atoms with E-state index in [0.717, 1.165) is 4.47 Å². The molecule has 0 unspecified atom stereocenters. The highest BCUT2D eigenvalue weighted by atomic mass is 79.9. The van der Waals surface area contributed by atoms with Crippen LogP contribution in [0.2, 0.25) is 0 Å². The van der Waals surface area contributed by atoms with Crippen LogP contribution >= 0.6 is 15.9 Å². The average molecular weight is 365 g/mol. The summed E-state index contributed by atoms with van der Waals surface area (Å²) in [5.41, 5.74) is 1.33. The molecule has 1 aromatic heterocycles. The van der Waals surface area contributed by atoms with E-state index in [1.807, 2.05) is 0 Å². The maximum Gasteiger partial charge on any atom is 0.355 e. The van der Waals surface area contributed by atoms with Crippen LogP contribution in [0.15, 0.2) is 41.0 Å². The highest BCUT2D eigenvalue weighted by Crippen LogP contribution is 2.12. The maximum absolute atomic E-state index is 11.7. The highest BCUT2D eigenvalue weighted by molar-refractivity contribution is 9.10. The second-order valence-electron chi connectivity index (χ2n) is 4.49. The van der Waals surface area contributed by atoms with E-state index in [1.54, 1.807) is 36.5 Å². The van der Waals surface area contributed by atoms with Crippen molar-refractivity contribution in [3.05, 3.63) is 52.3 Å². The fraction of sp³-hybridized carbons (Fsp3) is 0.133. The fourth-order valence-corrected chi connectivity index (χ4v) is 2.02. The van der Waals surface area contributed by atoms with E-state index in [1.165, 1.54) is 6.92 Å². The third-order valence-corrected chi connectivity index (χ3v) is 3.24. The van der Waals surface area contributed by atoms with Gasteiger partial charge in [-0.3, -0.25) is 9.59 Å². The van der Waals surface area contributed by atoms with E-state index in [9.17, 15) is 14.4 Å². The lowest BCUT2D eigenvalue weighted by molar-refractivity contribution is -0.119. The molecule has 0 radical (unpaired) electrons. The number of carbonyl (C=O) groups excluding carboxylic acids is 3. The first-order chi connectivity index (χ1) is 10.5. The fourth-order valence-electron chi connectivity index (χ4n) is 1.68. The highest BCUT2D eigenvalue weighted by Gasteiger charge is 2.12. The summed E-state index contributed by atoms with van der Waals surface area (Å²) in [4.78, 5) is 37.2. The molecule has 1 aromatic carbocycles. The third kappa shape index (κ3) is 4.29. The number of ether oxygens (including phenoxy) is 1. The number of Topliss-reactive ketones (excluding diaryl/α,β-unsaturated/α-hetero) is 1. The Morgan fingerprint density at radius 3 is 2.45 bits per heavy atom. The number of halogens is 1. The van der Waals surface area contributed by atoms with Crippen LogP contribution in [0, 0.1) is 0 Å². The molecule has 0 saturated carbocycles. The van der Waals surface area contributed by atoms with Crippen LogP contribution in [0.1, 0.15) is 27.8 Å². The van der Waals surface area contributed by atoms with Crippen LogP contribution in [-0.4, -0.2) is 29.3 Å². The lowest BCUT2D eigenvalue weighted by Gasteiger charge is -2.06. The van der Waals surface area contributed by atoms with Gasteiger partial charge in [-0.2, -0.15) is 0 Å². The number of rotatable bonds is 5. The molecule has 0 spiro atoms. The average Bonchev–Trinajstić information content (AvgIpc) is 2.92. The van der Waals surface area contributed by atoms with Gasteiger partial charge in [0.1, 0.15) is 5.69 Å². The summed E-state index contributed by atoms with van der Waals surface area (Å²) in [7, 11) is 0. The smallest absolute Gasteiger partial charge is 0.355 e. The number of hydrogen-bond acceptors (Lipinski definition) is 4. The first kappa shape index (κ1) is 16.0. The van der Waals surface area contributed by atoms with Crippen molar-refractivity contribution in [3.63, 3.8) is 0 Å². The number of aromatic nitrogens is 1. The van der Waals surface area contributed by atoms with Gasteiger partial charge in [-0.1, -0.05) is 0 Å². The monoisotopic (exact) mass is 364 g/mol. The Morgan fingerprint density at radius 1 is 1.23 bits per heavy atom. The Balaban J connectivity index is 1.85. The summed E-state index contributed by atoms with van der Waals surface area (Å²) >= 11 is 3.20. The zero-order chi connectivity index (χ0) is 16.1. The molecule has 114 valence electrons. The van der Waals surface area contributed by atoms with Crippen molar-refractivity contribution in [2.75, 3.05) is 11.9 Å². The van der Waals surface area contributed by atoms with Gasteiger partial charge in [0.2, 0.25) is 0 Å². The van der Waals surface area contributed by atoms with Crippen LogP contribution in [0.5, 0.6) is 0 Å². The van der Waals surface area contributed by atoms with E-state index in [4.69, 9.17) is 4.74 Å². The molecule has 0 aliphatic rings. The summed E-state index contributed by atoms with van der Waals surface area (Å²) in [6.45, 7) is 1.07. The van der Waals surface area contributed by atoms with Gasteiger partial charge < -0.3 is 15.0 Å². The number of hydrogen-bond donors (Lipinski definition) is 2. The molecular weight excluding hydrogens is 352 g/mol. The third-order valence-electron chi connectivity index (χ3n) is 2.78. The molecule has 0 bridgehead atoms. The van der Waals surface area contributed by atoms with Gasteiger partial charge in [0.05, 0.1) is 0 Å². The summed E-state index contributed by atoms with van der Waals surface area (Å²) in [6, 6.07) is 8.00. The van der Waals surface area contributed by atoms with Crippen molar-refractivity contribution in [2.24, 2.45) is 0 Å². The zero-order valence-electron chi connectivity index (χ0n) is 11.7. The number of H-pyrrole nitrogens is 1. The molecule has 2 aromatic rings. The molecule has 0 fully saturated rings. The molecule has 22 heavy (non-hydrogen) atoms. The lowest BCUT2D eigenvalue weighted by atomic mass is 10.1. The Labute approximate surface area is 135 Å². The van der Waals surface area contributed by atoms with Crippen molar-refractivity contribution < 1.29 is 19.1 Å². The van der Waals surface area contributed by atoms with Crippen molar-refractivity contribution in [2.45, 2.75) is 6.92 Å². The number of aromatic amines is 1. The zero-order valence-corrected chi connectivity index (χ0v) is 13.3. The molecule has 7 heteroatoms. The second kappa shape index (κ2) is 7.04. The van der Waals surface area contributed by atoms with Crippen molar-refractivity contribution in [1.82, 2.24) is 4.98 Å². The number of esters is 1. The minimum atomic E-state index is -0.618. The molecule has 1 heterocycles. The summed E-state index contributed by atoms with van der Waals surface area (Å²) in [5.74, 6) is -1.13. The second-order valence-corrected chi connectivity index (χ2v) is 5.41. The first-order valence-electron chi connectivity index (χ1n) is 6.37. The van der Waals surface area contributed by atoms with Gasteiger partial charge in [0.25, 0.3) is 5.91 Å². The molecule has 0 atom stereocenters. The molecule has 1 amide bonds. The molecule has 2 rings (SSSR count). The van der Waals surface area contributed by atoms with Crippen molar-refractivity contribution in [3.8, 4) is 0 Å². The van der Waals surface area contributed by atoms with Crippen LogP contribution in [0.3, 0.4) is 0 Å². The van der Waals surface area contributed by atoms with Gasteiger partial charge in [-0.15, -0.1) is 0 Å². The Morgan fingerprint density at radius 2 is 1.91 bits per heavy atom. The van der Waals surface area contributed by atoms with Crippen LogP contribution in [-0.2, 0) is 9.53 Å². The predicted octanol–water partition coefficient (Wildman–Crippen LogP) is 2.78. The van der Waals surface area contributed by atoms with Crippen LogP contribution in [0.4, 0.5) is 5.69 Å². The number of ketones is 1. The van der Waals surface area contributed by atoms with E-state index in [2.05, 4.69) is 26.2 Å². The van der Waals surface area contributed by atoms with Gasteiger partial charge in [0.15, 0.2) is 12.4 Å². The van der Waals surface area contributed by atoms with Crippen LogP contribution in [0.25, 0.3) is 0 Å². The van der Waals surface area contributed by atoms with Crippen molar-refractivity contribution >= 4 is 39.3 Å². The lowest BCUT2D eigenvalue weighted by Crippen LogP contribution is -2.21.